The molecule has 5 nitrogen and oxygen atoms in total. The molecule has 0 amide bonds. The van der Waals surface area contributed by atoms with Crippen LogP contribution in [0.15, 0.2) is 244 Å². The van der Waals surface area contributed by atoms with Crippen LogP contribution in [0.5, 0.6) is 0 Å². The van der Waals surface area contributed by atoms with Crippen LogP contribution in [0.4, 0.5) is 34.1 Å². The lowest BCUT2D eigenvalue weighted by Crippen LogP contribution is -2.11. The summed E-state index contributed by atoms with van der Waals surface area (Å²) in [4.78, 5) is 4.66. The van der Waals surface area contributed by atoms with E-state index in [4.69, 9.17) is 13.3 Å². The molecule has 0 unspecified atom stereocenters. The van der Waals surface area contributed by atoms with Crippen LogP contribution in [0.25, 0.3) is 98.8 Å². The Labute approximate surface area is 409 Å². The topological polar surface area (TPSA) is 45.9 Å². The molecular formula is C66H44N2O3. The Morgan fingerprint density at radius 1 is 0.268 bits per heavy atom. The maximum absolute atomic E-state index is 7.17. The highest BCUT2D eigenvalue weighted by Crippen LogP contribution is 2.50. The maximum atomic E-state index is 7.17. The number of nitrogens with zero attached hydrogens (tertiary/aromatic N) is 2. The van der Waals surface area contributed by atoms with Gasteiger partial charge in [0.1, 0.15) is 22.3 Å². The average Bonchev–Trinajstić information content (AvgIpc) is 4.13. The maximum Gasteiger partial charge on any atom is 0.159 e. The average molecular weight is 913 g/mol. The molecule has 0 aliphatic heterocycles. The predicted octanol–water partition coefficient (Wildman–Crippen LogP) is 19.4. The molecule has 5 heteroatoms. The highest BCUT2D eigenvalue weighted by Gasteiger charge is 2.26. The van der Waals surface area contributed by atoms with Crippen LogP contribution in [0.2, 0.25) is 0 Å². The fraction of sp³-hybridized carbons (Fsp3) is 0.0303. The number of hydrogen-bond donors (Lipinski definition) is 0. The molecule has 0 N–H and O–H groups in total. The summed E-state index contributed by atoms with van der Waals surface area (Å²) in [6.45, 7) is 4.22. The summed E-state index contributed by atoms with van der Waals surface area (Å²) < 4.78 is 20.9. The molecule has 0 atom stereocenters. The van der Waals surface area contributed by atoms with E-state index in [0.29, 0.717) is 0 Å². The molecular weight excluding hydrogens is 869 g/mol. The van der Waals surface area contributed by atoms with E-state index < -0.39 is 0 Å². The predicted molar refractivity (Wildman–Crippen MR) is 295 cm³/mol. The van der Waals surface area contributed by atoms with Gasteiger partial charge in [0.15, 0.2) is 11.2 Å². The molecule has 71 heavy (non-hydrogen) atoms. The molecule has 14 aromatic rings. The lowest BCUT2D eigenvalue weighted by Gasteiger charge is -2.27. The Hall–Kier alpha value is -9.32. The van der Waals surface area contributed by atoms with Gasteiger partial charge in [0.2, 0.25) is 0 Å². The number of furan rings is 3. The van der Waals surface area contributed by atoms with Gasteiger partial charge in [-0.3, -0.25) is 0 Å². The Balaban J connectivity index is 1.00. The second-order valence-electron chi connectivity index (χ2n) is 18.5. The van der Waals surface area contributed by atoms with Crippen LogP contribution < -0.4 is 9.80 Å². The Morgan fingerprint density at radius 3 is 1.31 bits per heavy atom. The molecule has 11 aromatic carbocycles. The first-order valence-electron chi connectivity index (χ1n) is 24.1. The molecule has 3 heterocycles. The lowest BCUT2D eigenvalue weighted by atomic mass is 9.99. The molecule has 0 fully saturated rings. The first kappa shape index (κ1) is 40.7. The zero-order valence-electron chi connectivity index (χ0n) is 39.1. The number of anilines is 6. The fourth-order valence-corrected chi connectivity index (χ4v) is 10.9. The third-order valence-electron chi connectivity index (χ3n) is 14.2. The van der Waals surface area contributed by atoms with Crippen LogP contribution in [0.1, 0.15) is 11.1 Å². The number of benzene rings is 11. The zero-order valence-corrected chi connectivity index (χ0v) is 39.1. The van der Waals surface area contributed by atoms with Crippen molar-refractivity contribution in [1.82, 2.24) is 0 Å². The zero-order chi connectivity index (χ0) is 47.2. The Kier molecular flexibility index (Phi) is 9.26. The minimum absolute atomic E-state index is 0.782. The Morgan fingerprint density at radius 2 is 0.718 bits per heavy atom. The van der Waals surface area contributed by atoms with E-state index in [9.17, 15) is 0 Å². The van der Waals surface area contributed by atoms with Crippen molar-refractivity contribution in [3.05, 3.63) is 242 Å². The number of hydrogen-bond acceptors (Lipinski definition) is 5. The fourth-order valence-electron chi connectivity index (χ4n) is 10.9. The number of rotatable bonds is 8. The van der Waals surface area contributed by atoms with Crippen molar-refractivity contribution in [2.24, 2.45) is 0 Å². The first-order chi connectivity index (χ1) is 35.0. The standard InChI is InChI=1S/C66H44N2O3/c1-41-17-11-29-52-54-31-15-33-57(65(54)70-63(41)52)67(47-25-13-23-45(37-47)43-19-5-3-6-20-43)49-35-36-56-60(39-49)69-61-40-59(50-27-9-10-28-51(50)62(56)61)68(48-26-14-24-46(38-48)44-21-7-4-8-22-44)58-34-16-32-55-53-30-12-18-42(2)64(53)71-66(55)58/h3-40H,1-2H3. The second-order valence-corrected chi connectivity index (χ2v) is 18.5. The van der Waals surface area contributed by atoms with Crippen molar-refractivity contribution in [3.8, 4) is 22.3 Å². The third kappa shape index (κ3) is 6.54. The van der Waals surface area contributed by atoms with Crippen molar-refractivity contribution in [1.29, 1.82) is 0 Å². The van der Waals surface area contributed by atoms with Gasteiger partial charge in [0.25, 0.3) is 0 Å². The van der Waals surface area contributed by atoms with E-state index in [1.807, 2.05) is 0 Å². The van der Waals surface area contributed by atoms with E-state index in [1.54, 1.807) is 0 Å². The van der Waals surface area contributed by atoms with Crippen LogP contribution in [-0.4, -0.2) is 0 Å². The SMILES string of the molecule is Cc1cccc2c1oc1c(N(c3cccc(-c4ccccc4)c3)c3ccc4c(c3)oc3cc(N(c5cccc(-c6ccccc6)c5)c5cccc6c5oc5c(C)cccc56)c5ccccc5c34)cccc12. The summed E-state index contributed by atoms with van der Waals surface area (Å²) in [5, 5.41) is 8.62. The molecule has 0 saturated heterocycles. The van der Waals surface area contributed by atoms with Crippen molar-refractivity contribution in [2.75, 3.05) is 9.80 Å². The van der Waals surface area contributed by atoms with Gasteiger partial charge in [-0.25, -0.2) is 0 Å². The molecule has 0 bridgehead atoms. The van der Waals surface area contributed by atoms with E-state index in [0.717, 1.165) is 144 Å². The summed E-state index contributed by atoms with van der Waals surface area (Å²) in [7, 11) is 0. The monoisotopic (exact) mass is 912 g/mol. The van der Waals surface area contributed by atoms with Crippen molar-refractivity contribution >= 4 is 111 Å². The highest BCUT2D eigenvalue weighted by molar-refractivity contribution is 6.23. The molecule has 0 radical (unpaired) electrons. The van der Waals surface area contributed by atoms with E-state index in [1.165, 1.54) is 0 Å². The van der Waals surface area contributed by atoms with Gasteiger partial charge in [-0.1, -0.05) is 170 Å². The Bertz CT molecular complexity index is 4390. The molecule has 14 rings (SSSR count). The number of para-hydroxylation sites is 4. The molecule has 336 valence electrons. The van der Waals surface area contributed by atoms with Crippen molar-refractivity contribution in [2.45, 2.75) is 13.8 Å². The van der Waals surface area contributed by atoms with Crippen molar-refractivity contribution < 1.29 is 13.3 Å². The first-order valence-corrected chi connectivity index (χ1v) is 24.1. The van der Waals surface area contributed by atoms with Gasteiger partial charge in [-0.2, -0.15) is 0 Å². The molecule has 0 aliphatic carbocycles. The normalized spacial score (nSPS) is 11.8. The third-order valence-corrected chi connectivity index (χ3v) is 14.2. The van der Waals surface area contributed by atoms with Gasteiger partial charge >= 0.3 is 0 Å². The lowest BCUT2D eigenvalue weighted by molar-refractivity contribution is 0.665. The van der Waals surface area contributed by atoms with Gasteiger partial charge in [0, 0.05) is 61.2 Å². The summed E-state index contributed by atoms with van der Waals surface area (Å²) in [5.41, 5.74) is 17.6. The molecule has 0 spiro atoms. The molecule has 0 saturated carbocycles. The number of fused-ring (bicyclic) bond motifs is 11. The minimum atomic E-state index is 0.782. The van der Waals surface area contributed by atoms with Crippen LogP contribution in [0.3, 0.4) is 0 Å². The van der Waals surface area contributed by atoms with E-state index >= 15 is 0 Å². The number of aryl methyl sites for hydroxylation is 2. The highest BCUT2D eigenvalue weighted by atomic mass is 16.3. The summed E-state index contributed by atoms with van der Waals surface area (Å²) in [6.07, 6.45) is 0. The van der Waals surface area contributed by atoms with Crippen LogP contribution >= 0.6 is 0 Å². The van der Waals surface area contributed by atoms with Crippen LogP contribution in [-0.2, 0) is 0 Å². The van der Waals surface area contributed by atoms with E-state index in [2.05, 4.69) is 254 Å². The summed E-state index contributed by atoms with van der Waals surface area (Å²) in [6, 6.07) is 81.8. The van der Waals surface area contributed by atoms with Gasteiger partial charge < -0.3 is 23.1 Å². The van der Waals surface area contributed by atoms with Gasteiger partial charge in [0.05, 0.1) is 22.7 Å². The van der Waals surface area contributed by atoms with E-state index in [-0.39, 0.29) is 0 Å². The van der Waals surface area contributed by atoms with Crippen LogP contribution in [0, 0.1) is 13.8 Å². The minimum Gasteiger partial charge on any atom is -0.456 e. The summed E-state index contributed by atoms with van der Waals surface area (Å²) in [5.74, 6) is 0. The smallest absolute Gasteiger partial charge is 0.159 e. The second kappa shape index (κ2) is 16.2. The molecule has 3 aromatic heterocycles. The van der Waals surface area contributed by atoms with Gasteiger partial charge in [-0.05, 0) is 101 Å². The quantitative estimate of drug-likeness (QED) is 0.152. The van der Waals surface area contributed by atoms with Gasteiger partial charge in [-0.15, -0.1) is 0 Å². The largest absolute Gasteiger partial charge is 0.456 e. The summed E-state index contributed by atoms with van der Waals surface area (Å²) >= 11 is 0. The van der Waals surface area contributed by atoms with Crippen molar-refractivity contribution in [3.63, 3.8) is 0 Å². The molecule has 0 aliphatic rings.